The zero-order valence-corrected chi connectivity index (χ0v) is 21.1. The first-order chi connectivity index (χ1) is 16.9. The number of ketones is 1. The van der Waals surface area contributed by atoms with E-state index in [1.165, 1.54) is 4.88 Å². The molecule has 0 saturated carbocycles. The summed E-state index contributed by atoms with van der Waals surface area (Å²) in [6.45, 7) is 5.10. The largest absolute Gasteiger partial charge is 0.457 e. The van der Waals surface area contributed by atoms with Crippen molar-refractivity contribution in [3.8, 4) is 0 Å². The molecule has 1 unspecified atom stereocenters. The van der Waals surface area contributed by atoms with Crippen molar-refractivity contribution in [2.75, 3.05) is 13.2 Å². The van der Waals surface area contributed by atoms with Gasteiger partial charge in [0.1, 0.15) is 10.7 Å². The van der Waals surface area contributed by atoms with Crippen molar-refractivity contribution in [3.05, 3.63) is 49.6 Å². The number of hydrogen-bond donors (Lipinski definition) is 1. The van der Waals surface area contributed by atoms with Gasteiger partial charge in [0.2, 0.25) is 5.78 Å². The lowest BCUT2D eigenvalue weighted by Crippen LogP contribution is -2.18. The Kier molecular flexibility index (Phi) is 6.88. The highest BCUT2D eigenvalue weighted by Gasteiger charge is 2.22. The fourth-order valence-corrected chi connectivity index (χ4v) is 6.48. The number of carbonyl (C=O) groups excluding carboxylic acids is 2. The topological polar surface area (TPSA) is 103 Å². The van der Waals surface area contributed by atoms with Crippen LogP contribution < -0.4 is 5.56 Å². The summed E-state index contributed by atoms with van der Waals surface area (Å²) in [6, 6.07) is 1.85. The van der Waals surface area contributed by atoms with E-state index in [0.717, 1.165) is 73.5 Å². The van der Waals surface area contributed by atoms with E-state index in [0.29, 0.717) is 16.8 Å². The molecule has 8 nitrogen and oxygen atoms in total. The molecule has 0 radical (unpaired) electrons. The Morgan fingerprint density at radius 1 is 1.26 bits per heavy atom. The van der Waals surface area contributed by atoms with Gasteiger partial charge in [-0.15, -0.1) is 11.3 Å². The number of thiophene rings is 1. The number of aromatic amines is 1. The van der Waals surface area contributed by atoms with Gasteiger partial charge in [0.15, 0.2) is 6.61 Å². The maximum Gasteiger partial charge on any atom is 0.306 e. The monoisotopic (exact) mass is 497 g/mol. The summed E-state index contributed by atoms with van der Waals surface area (Å²) in [4.78, 5) is 47.2. The number of esters is 1. The minimum absolute atomic E-state index is 0.0465. The highest BCUT2D eigenvalue weighted by Crippen LogP contribution is 2.33. The predicted octanol–water partition coefficient (Wildman–Crippen LogP) is 3.82. The highest BCUT2D eigenvalue weighted by atomic mass is 32.1. The van der Waals surface area contributed by atoms with E-state index in [1.54, 1.807) is 11.3 Å². The summed E-state index contributed by atoms with van der Waals surface area (Å²) in [6.07, 6.45) is 6.76. The Morgan fingerprint density at radius 2 is 2.09 bits per heavy atom. The van der Waals surface area contributed by atoms with Crippen LogP contribution in [0.5, 0.6) is 0 Å². The molecule has 2 aliphatic rings. The van der Waals surface area contributed by atoms with Crippen molar-refractivity contribution in [1.29, 1.82) is 0 Å². The molecule has 1 N–H and O–H groups in total. The minimum atomic E-state index is -0.486. The number of Topliss-reactive ketones (excluding diaryl/α,β-unsaturated/α-hetero) is 1. The second-order valence-corrected chi connectivity index (χ2v) is 10.6. The Labute approximate surface area is 207 Å². The van der Waals surface area contributed by atoms with Crippen LogP contribution in [0.4, 0.5) is 0 Å². The van der Waals surface area contributed by atoms with Crippen LogP contribution in [0.25, 0.3) is 10.2 Å². The van der Waals surface area contributed by atoms with E-state index < -0.39 is 5.97 Å². The molecule has 0 bridgehead atoms. The van der Waals surface area contributed by atoms with Crippen LogP contribution in [0, 0.1) is 13.8 Å². The number of ether oxygens (including phenoxy) is 2. The first-order valence-electron chi connectivity index (χ1n) is 12.4. The Bertz CT molecular complexity index is 1330. The highest BCUT2D eigenvalue weighted by molar-refractivity contribution is 7.18. The molecular weight excluding hydrogens is 466 g/mol. The van der Waals surface area contributed by atoms with Gasteiger partial charge in [-0.3, -0.25) is 14.4 Å². The number of nitrogens with one attached hydrogen (secondary N) is 1. The van der Waals surface area contributed by atoms with E-state index in [4.69, 9.17) is 9.47 Å². The molecule has 0 aromatic carbocycles. The third kappa shape index (κ3) is 4.97. The molecule has 1 aliphatic carbocycles. The Balaban J connectivity index is 1.17. The van der Waals surface area contributed by atoms with Gasteiger partial charge in [-0.1, -0.05) is 0 Å². The maximum absolute atomic E-state index is 12.8. The molecule has 5 rings (SSSR count). The standard InChI is InChI=1S/C26H31N3O5S/c1-15-12-19(16(2)29(15)13-17-6-5-11-33-17)20(30)14-34-23(31)10-9-22-27-25(32)24-18-7-3-4-8-21(18)35-26(24)28-22/h12,17H,3-11,13-14H2,1-2H3,(H,27,28,32). The number of aromatic nitrogens is 3. The van der Waals surface area contributed by atoms with Gasteiger partial charge in [-0.2, -0.15) is 0 Å². The molecule has 3 aromatic rings. The fraction of sp³-hybridized carbons (Fsp3) is 0.538. The van der Waals surface area contributed by atoms with Crippen LogP contribution in [0.15, 0.2) is 10.9 Å². The molecule has 9 heteroatoms. The van der Waals surface area contributed by atoms with E-state index in [-0.39, 0.29) is 36.9 Å². The van der Waals surface area contributed by atoms with Crippen molar-refractivity contribution < 1.29 is 19.1 Å². The van der Waals surface area contributed by atoms with E-state index in [9.17, 15) is 14.4 Å². The van der Waals surface area contributed by atoms with Crippen LogP contribution in [-0.4, -0.2) is 45.6 Å². The van der Waals surface area contributed by atoms with E-state index >= 15 is 0 Å². The number of aryl methyl sites for hydroxylation is 4. The van der Waals surface area contributed by atoms with E-state index in [2.05, 4.69) is 14.5 Å². The number of carbonyl (C=O) groups is 2. The average molecular weight is 498 g/mol. The molecule has 1 saturated heterocycles. The van der Waals surface area contributed by atoms with Gasteiger partial charge in [-0.25, -0.2) is 4.98 Å². The Morgan fingerprint density at radius 3 is 2.89 bits per heavy atom. The summed E-state index contributed by atoms with van der Waals surface area (Å²) in [7, 11) is 0. The lowest BCUT2D eigenvalue weighted by atomic mass is 9.97. The summed E-state index contributed by atoms with van der Waals surface area (Å²) in [5, 5.41) is 0.707. The van der Waals surface area contributed by atoms with Crippen molar-refractivity contribution in [3.63, 3.8) is 0 Å². The number of H-pyrrole nitrogens is 1. The van der Waals surface area contributed by atoms with Gasteiger partial charge in [0, 0.05) is 41.4 Å². The van der Waals surface area contributed by atoms with Gasteiger partial charge < -0.3 is 19.0 Å². The minimum Gasteiger partial charge on any atom is -0.457 e. The number of rotatable bonds is 8. The molecule has 1 aliphatic heterocycles. The SMILES string of the molecule is Cc1cc(C(=O)COC(=O)CCc2nc3sc4c(c3c(=O)[nH]2)CCCC4)c(C)n1CC1CCCO1. The summed E-state index contributed by atoms with van der Waals surface area (Å²) in [5.41, 5.74) is 3.45. The quantitative estimate of drug-likeness (QED) is 0.375. The molecule has 1 atom stereocenters. The smallest absolute Gasteiger partial charge is 0.306 e. The molecule has 4 heterocycles. The van der Waals surface area contributed by atoms with Crippen LogP contribution in [0.1, 0.15) is 70.1 Å². The third-order valence-corrected chi connectivity index (χ3v) is 8.27. The number of fused-ring (bicyclic) bond motifs is 3. The number of nitrogens with zero attached hydrogens (tertiary/aromatic N) is 2. The molecule has 0 spiro atoms. The van der Waals surface area contributed by atoms with Crippen LogP contribution >= 0.6 is 11.3 Å². The molecule has 35 heavy (non-hydrogen) atoms. The summed E-state index contributed by atoms with van der Waals surface area (Å²) in [5.74, 6) is -0.232. The van der Waals surface area contributed by atoms with E-state index in [1.807, 2.05) is 19.9 Å². The maximum atomic E-state index is 12.8. The molecular formula is C26H31N3O5S. The number of hydrogen-bond acceptors (Lipinski definition) is 7. The van der Waals surface area contributed by atoms with Gasteiger partial charge >= 0.3 is 5.97 Å². The zero-order valence-electron chi connectivity index (χ0n) is 20.3. The third-order valence-electron chi connectivity index (χ3n) is 7.09. The van der Waals surface area contributed by atoms with Crippen LogP contribution in [0.2, 0.25) is 0 Å². The van der Waals surface area contributed by atoms with Crippen molar-refractivity contribution in [1.82, 2.24) is 14.5 Å². The normalized spacial score (nSPS) is 17.6. The zero-order chi connectivity index (χ0) is 24.5. The van der Waals surface area contributed by atoms with Crippen molar-refractivity contribution in [2.45, 2.75) is 77.9 Å². The second-order valence-electron chi connectivity index (χ2n) is 9.52. The first-order valence-corrected chi connectivity index (χ1v) is 13.2. The lowest BCUT2D eigenvalue weighted by molar-refractivity contribution is -0.142. The predicted molar refractivity (Wildman–Crippen MR) is 133 cm³/mol. The summed E-state index contributed by atoms with van der Waals surface area (Å²) < 4.78 is 13.1. The van der Waals surface area contributed by atoms with Gasteiger partial charge in [-0.05, 0) is 64.0 Å². The Hall–Kier alpha value is -2.78. The van der Waals surface area contributed by atoms with Gasteiger partial charge in [0.25, 0.3) is 5.56 Å². The average Bonchev–Trinajstić information content (AvgIpc) is 3.55. The van der Waals surface area contributed by atoms with Crippen LogP contribution in [0.3, 0.4) is 0 Å². The van der Waals surface area contributed by atoms with Crippen molar-refractivity contribution >= 4 is 33.3 Å². The van der Waals surface area contributed by atoms with Gasteiger partial charge in [0.05, 0.1) is 17.9 Å². The molecule has 0 amide bonds. The van der Waals surface area contributed by atoms with Crippen molar-refractivity contribution in [2.24, 2.45) is 0 Å². The molecule has 1 fully saturated rings. The fourth-order valence-electron chi connectivity index (χ4n) is 5.20. The summed E-state index contributed by atoms with van der Waals surface area (Å²) >= 11 is 1.59. The second kappa shape index (κ2) is 10.1. The first kappa shape index (κ1) is 23.9. The molecule has 186 valence electrons. The van der Waals surface area contributed by atoms with Crippen LogP contribution in [-0.2, 0) is 40.1 Å². The molecule has 3 aromatic heterocycles. The lowest BCUT2D eigenvalue weighted by Gasteiger charge is -2.14.